The fourth-order valence-electron chi connectivity index (χ4n) is 3.23. The summed E-state index contributed by atoms with van der Waals surface area (Å²) >= 11 is 1.43. The lowest BCUT2D eigenvalue weighted by Crippen LogP contribution is -2.31. The minimum atomic E-state index is -0.146. The Hall–Kier alpha value is -2.73. The molecule has 6 heteroatoms. The molecule has 0 fully saturated rings. The summed E-state index contributed by atoms with van der Waals surface area (Å²) in [5.41, 5.74) is 1.11. The van der Waals surface area contributed by atoms with Gasteiger partial charge in [-0.3, -0.25) is 9.59 Å². The van der Waals surface area contributed by atoms with E-state index in [2.05, 4.69) is 24.1 Å². The lowest BCUT2D eigenvalue weighted by atomic mass is 10.1. The fourth-order valence-corrected chi connectivity index (χ4v) is 4.02. The quantitative estimate of drug-likeness (QED) is 0.452. The van der Waals surface area contributed by atoms with Gasteiger partial charge in [0.1, 0.15) is 10.7 Å². The molecule has 2 amide bonds. The predicted molar refractivity (Wildman–Crippen MR) is 123 cm³/mol. The Morgan fingerprint density at radius 2 is 1.80 bits per heavy atom. The highest BCUT2D eigenvalue weighted by molar-refractivity contribution is 7.09. The van der Waals surface area contributed by atoms with E-state index in [1.54, 1.807) is 5.38 Å². The summed E-state index contributed by atoms with van der Waals surface area (Å²) in [6.07, 6.45) is 3.92. The predicted octanol–water partition coefficient (Wildman–Crippen LogP) is 5.27. The fraction of sp³-hybridized carbons (Fsp3) is 0.375. The third-order valence-corrected chi connectivity index (χ3v) is 5.83. The number of nitrogens with zero attached hydrogens (tertiary/aromatic N) is 2. The number of aromatic nitrogens is 1. The average Bonchev–Trinajstić information content (AvgIpc) is 3.24. The third-order valence-electron chi connectivity index (χ3n) is 4.99. The molecule has 0 spiro atoms. The first-order chi connectivity index (χ1) is 14.6. The highest BCUT2D eigenvalue weighted by Gasteiger charge is 2.19. The van der Waals surface area contributed by atoms with Crippen molar-refractivity contribution < 1.29 is 9.59 Å². The number of thiazole rings is 1. The molecule has 3 rings (SSSR count). The molecule has 5 nitrogen and oxygen atoms in total. The van der Waals surface area contributed by atoms with Crippen LogP contribution in [-0.2, 0) is 6.54 Å². The Bertz CT molecular complexity index is 999. The Morgan fingerprint density at radius 3 is 2.57 bits per heavy atom. The molecule has 0 unspecified atom stereocenters. The van der Waals surface area contributed by atoms with Crippen molar-refractivity contribution in [3.8, 4) is 0 Å². The molecule has 0 aliphatic rings. The molecule has 158 valence electrons. The maximum absolute atomic E-state index is 13.2. The zero-order chi connectivity index (χ0) is 21.3. The molecule has 2 aromatic carbocycles. The van der Waals surface area contributed by atoms with Crippen LogP contribution in [0.2, 0.25) is 0 Å². The van der Waals surface area contributed by atoms with Crippen LogP contribution in [0.25, 0.3) is 10.8 Å². The summed E-state index contributed by atoms with van der Waals surface area (Å²) in [4.78, 5) is 31.8. The minimum Gasteiger partial charge on any atom is -0.351 e. The lowest BCUT2D eigenvalue weighted by molar-refractivity contribution is 0.0741. The molecule has 0 radical (unpaired) electrons. The number of unbranched alkanes of at least 4 members (excludes halogenated alkanes) is 2. The molecular weight excluding hydrogens is 394 g/mol. The van der Waals surface area contributed by atoms with Gasteiger partial charge in [0.05, 0.1) is 6.54 Å². The van der Waals surface area contributed by atoms with Crippen LogP contribution < -0.4 is 5.32 Å². The molecule has 3 aromatic rings. The standard InChI is InChI=1S/C24H29N3O2S/c1-3-5-13-25-23(28)21-17-30-22(26-21)16-27(14-6-4-2)24(29)20-12-11-18-9-7-8-10-19(18)15-20/h7-12,15,17H,3-6,13-14,16H2,1-2H3,(H,25,28). The smallest absolute Gasteiger partial charge is 0.270 e. The topological polar surface area (TPSA) is 62.3 Å². The van der Waals surface area contributed by atoms with Gasteiger partial charge >= 0.3 is 0 Å². The van der Waals surface area contributed by atoms with Gasteiger partial charge in [0, 0.05) is 24.0 Å². The Kier molecular flexibility index (Phi) is 7.97. The molecule has 1 N–H and O–H groups in total. The minimum absolute atomic E-state index is 0.00153. The van der Waals surface area contributed by atoms with Crippen molar-refractivity contribution in [1.82, 2.24) is 15.2 Å². The molecule has 30 heavy (non-hydrogen) atoms. The second kappa shape index (κ2) is 10.9. The number of nitrogens with one attached hydrogen (secondary N) is 1. The molecule has 0 saturated heterocycles. The van der Waals surface area contributed by atoms with Crippen molar-refractivity contribution in [2.24, 2.45) is 0 Å². The summed E-state index contributed by atoms with van der Waals surface area (Å²) in [7, 11) is 0. The zero-order valence-corrected chi connectivity index (χ0v) is 18.5. The zero-order valence-electron chi connectivity index (χ0n) is 17.7. The van der Waals surface area contributed by atoms with Crippen LogP contribution >= 0.6 is 11.3 Å². The molecule has 0 saturated carbocycles. The largest absolute Gasteiger partial charge is 0.351 e. The van der Waals surface area contributed by atoms with Gasteiger partial charge in [-0.1, -0.05) is 57.0 Å². The average molecular weight is 424 g/mol. The van der Waals surface area contributed by atoms with E-state index in [1.807, 2.05) is 47.4 Å². The maximum Gasteiger partial charge on any atom is 0.270 e. The van der Waals surface area contributed by atoms with Crippen molar-refractivity contribution in [3.63, 3.8) is 0 Å². The number of benzene rings is 2. The highest BCUT2D eigenvalue weighted by Crippen LogP contribution is 2.19. The van der Waals surface area contributed by atoms with Crippen molar-refractivity contribution in [2.45, 2.75) is 46.1 Å². The Balaban J connectivity index is 1.73. The first kappa shape index (κ1) is 22.0. The summed E-state index contributed by atoms with van der Waals surface area (Å²) in [6.45, 7) is 5.94. The second-order valence-corrected chi connectivity index (χ2v) is 8.32. The normalized spacial score (nSPS) is 10.9. The summed E-state index contributed by atoms with van der Waals surface area (Å²) in [5, 5.41) is 7.62. The van der Waals surface area contributed by atoms with E-state index in [4.69, 9.17) is 0 Å². The van der Waals surface area contributed by atoms with Crippen LogP contribution in [-0.4, -0.2) is 34.8 Å². The summed E-state index contributed by atoms with van der Waals surface area (Å²) in [5.74, 6) is -0.148. The van der Waals surface area contributed by atoms with Gasteiger partial charge in [0.2, 0.25) is 0 Å². The van der Waals surface area contributed by atoms with Crippen LogP contribution in [0.4, 0.5) is 0 Å². The van der Waals surface area contributed by atoms with E-state index < -0.39 is 0 Å². The van der Waals surface area contributed by atoms with Gasteiger partial charge < -0.3 is 10.2 Å². The SMILES string of the molecule is CCCCNC(=O)c1csc(CN(CCCC)C(=O)c2ccc3ccccc3c2)n1. The maximum atomic E-state index is 13.2. The van der Waals surface area contributed by atoms with Crippen LogP contribution in [0.1, 0.15) is 65.4 Å². The van der Waals surface area contributed by atoms with Gasteiger partial charge in [0.25, 0.3) is 11.8 Å². The van der Waals surface area contributed by atoms with E-state index in [0.717, 1.165) is 41.5 Å². The van der Waals surface area contributed by atoms with E-state index in [9.17, 15) is 9.59 Å². The number of rotatable bonds is 10. The van der Waals surface area contributed by atoms with Gasteiger partial charge in [-0.2, -0.15) is 0 Å². The molecular formula is C24H29N3O2S. The monoisotopic (exact) mass is 423 g/mol. The highest BCUT2D eigenvalue weighted by atomic mass is 32.1. The molecule has 0 aliphatic carbocycles. The molecule has 1 heterocycles. The number of fused-ring (bicyclic) bond motifs is 1. The number of amides is 2. The molecule has 0 aliphatic heterocycles. The van der Waals surface area contributed by atoms with Crippen LogP contribution in [0, 0.1) is 0 Å². The van der Waals surface area contributed by atoms with E-state index in [0.29, 0.717) is 30.9 Å². The Morgan fingerprint density at radius 1 is 1.03 bits per heavy atom. The summed E-state index contributed by atoms with van der Waals surface area (Å²) in [6, 6.07) is 13.9. The van der Waals surface area contributed by atoms with Crippen LogP contribution in [0.5, 0.6) is 0 Å². The first-order valence-electron chi connectivity index (χ1n) is 10.6. The van der Waals surface area contributed by atoms with Crippen molar-refractivity contribution in [1.29, 1.82) is 0 Å². The van der Waals surface area contributed by atoms with E-state index in [-0.39, 0.29) is 11.8 Å². The van der Waals surface area contributed by atoms with Gasteiger partial charge in [0.15, 0.2) is 0 Å². The van der Waals surface area contributed by atoms with E-state index in [1.165, 1.54) is 11.3 Å². The van der Waals surface area contributed by atoms with Crippen molar-refractivity contribution >= 4 is 33.9 Å². The van der Waals surface area contributed by atoms with Gasteiger partial charge in [-0.25, -0.2) is 4.98 Å². The summed E-state index contributed by atoms with van der Waals surface area (Å²) < 4.78 is 0. The van der Waals surface area contributed by atoms with Crippen LogP contribution in [0.15, 0.2) is 47.8 Å². The van der Waals surface area contributed by atoms with Crippen LogP contribution in [0.3, 0.4) is 0 Å². The number of hydrogen-bond donors (Lipinski definition) is 1. The van der Waals surface area contributed by atoms with Crippen molar-refractivity contribution in [2.75, 3.05) is 13.1 Å². The molecule has 0 bridgehead atoms. The molecule has 1 aromatic heterocycles. The molecule has 0 atom stereocenters. The number of carbonyl (C=O) groups is 2. The van der Waals surface area contributed by atoms with E-state index >= 15 is 0 Å². The first-order valence-corrected chi connectivity index (χ1v) is 11.5. The van der Waals surface area contributed by atoms with Crippen molar-refractivity contribution in [3.05, 3.63) is 64.1 Å². The Labute approximate surface area is 182 Å². The third kappa shape index (κ3) is 5.66. The number of carbonyl (C=O) groups excluding carboxylic acids is 2. The van der Waals surface area contributed by atoms with Gasteiger partial charge in [-0.15, -0.1) is 11.3 Å². The lowest BCUT2D eigenvalue weighted by Gasteiger charge is -2.22. The second-order valence-electron chi connectivity index (χ2n) is 7.38. The number of hydrogen-bond acceptors (Lipinski definition) is 4. The van der Waals surface area contributed by atoms with Gasteiger partial charge in [-0.05, 0) is 35.7 Å².